The lowest BCUT2D eigenvalue weighted by Gasteiger charge is -2.10. The number of Topliss-reactive ketones (excluding diaryl/α,β-unsaturated/α-hetero) is 1. The number of carbonyl (C=O) groups is 1. The average molecular weight is 366 g/mol. The minimum Gasteiger partial charge on any atom is -0.493 e. The number of rotatable bonds is 3. The molecule has 1 aliphatic heterocycles. The van der Waals surface area contributed by atoms with E-state index in [1.54, 1.807) is 6.07 Å². The van der Waals surface area contributed by atoms with Gasteiger partial charge in [-0.2, -0.15) is 0 Å². The van der Waals surface area contributed by atoms with Gasteiger partial charge >= 0.3 is 0 Å². The second kappa shape index (κ2) is 5.82. The lowest BCUT2D eigenvalue weighted by Crippen LogP contribution is -2.06. The molecule has 0 atom stereocenters. The lowest BCUT2D eigenvalue weighted by molar-refractivity contribution is 0.0992. The summed E-state index contributed by atoms with van der Waals surface area (Å²) in [6.45, 7) is 2.58. The first-order valence-electron chi connectivity index (χ1n) is 6.78. The highest BCUT2D eigenvalue weighted by Crippen LogP contribution is 2.34. The normalized spacial score (nSPS) is 12.9. The molecule has 0 N–H and O–H groups in total. The van der Waals surface area contributed by atoms with Crippen LogP contribution < -0.4 is 4.74 Å². The molecule has 0 aliphatic carbocycles. The molecular weight excluding hydrogens is 352 g/mol. The first-order chi connectivity index (χ1) is 10.1. The highest BCUT2D eigenvalue weighted by Gasteiger charge is 2.20. The quantitative estimate of drug-likeness (QED) is 0.732. The molecule has 0 amide bonds. The van der Waals surface area contributed by atoms with Gasteiger partial charge in [0.1, 0.15) is 5.75 Å². The van der Waals surface area contributed by atoms with Crippen molar-refractivity contribution in [1.29, 1.82) is 0 Å². The largest absolute Gasteiger partial charge is 0.493 e. The first kappa shape index (κ1) is 14.6. The third-order valence-corrected chi connectivity index (χ3v) is 4.63. The Kier molecular flexibility index (Phi) is 4.05. The summed E-state index contributed by atoms with van der Waals surface area (Å²) in [6.07, 6.45) is 1.19. The summed E-state index contributed by atoms with van der Waals surface area (Å²) < 4.78 is 6.65. The molecule has 108 valence electrons. The molecular formula is C17H14BrClO2. The van der Waals surface area contributed by atoms with Crippen LogP contribution in [-0.2, 0) is 12.8 Å². The Balaban J connectivity index is 1.94. The SMILES string of the molecule is Cc1cccc(C(=O)Cc2cc(Br)cc3c2OCC3)c1Cl. The van der Waals surface area contributed by atoms with Crippen molar-refractivity contribution in [2.75, 3.05) is 6.61 Å². The fourth-order valence-corrected chi connectivity index (χ4v) is 3.39. The van der Waals surface area contributed by atoms with Crippen LogP contribution in [0.5, 0.6) is 5.75 Å². The van der Waals surface area contributed by atoms with Crippen molar-refractivity contribution < 1.29 is 9.53 Å². The highest BCUT2D eigenvalue weighted by atomic mass is 79.9. The molecule has 1 heterocycles. The van der Waals surface area contributed by atoms with E-state index in [-0.39, 0.29) is 5.78 Å². The van der Waals surface area contributed by atoms with Crippen LogP contribution in [0.3, 0.4) is 0 Å². The zero-order chi connectivity index (χ0) is 15.0. The van der Waals surface area contributed by atoms with E-state index in [0.717, 1.165) is 33.3 Å². The molecule has 0 aromatic heterocycles. The van der Waals surface area contributed by atoms with Gasteiger partial charge < -0.3 is 4.74 Å². The van der Waals surface area contributed by atoms with Crippen LogP contribution in [0, 0.1) is 6.92 Å². The maximum atomic E-state index is 12.5. The molecule has 1 aliphatic rings. The third-order valence-electron chi connectivity index (χ3n) is 3.67. The van der Waals surface area contributed by atoms with Gasteiger partial charge in [0.15, 0.2) is 5.78 Å². The number of aryl methyl sites for hydroxylation is 1. The summed E-state index contributed by atoms with van der Waals surface area (Å²) in [5.74, 6) is 0.870. The molecule has 3 rings (SSSR count). The van der Waals surface area contributed by atoms with Crippen molar-refractivity contribution in [3.05, 3.63) is 62.1 Å². The van der Waals surface area contributed by atoms with Crippen LogP contribution in [0.1, 0.15) is 27.0 Å². The Hall–Kier alpha value is -1.32. The summed E-state index contributed by atoms with van der Waals surface area (Å²) in [4.78, 5) is 12.5. The van der Waals surface area contributed by atoms with Crippen LogP contribution in [0.2, 0.25) is 5.02 Å². The summed E-state index contributed by atoms with van der Waals surface area (Å²) in [5, 5.41) is 0.537. The molecule has 2 aromatic rings. The van der Waals surface area contributed by atoms with Crippen molar-refractivity contribution in [2.24, 2.45) is 0 Å². The van der Waals surface area contributed by atoms with E-state index in [1.807, 2.05) is 25.1 Å². The number of ether oxygens (including phenoxy) is 1. The van der Waals surface area contributed by atoms with Crippen molar-refractivity contribution >= 4 is 33.3 Å². The molecule has 0 spiro atoms. The van der Waals surface area contributed by atoms with Crippen molar-refractivity contribution in [3.8, 4) is 5.75 Å². The molecule has 2 nitrogen and oxygen atoms in total. The molecule has 0 saturated heterocycles. The molecule has 21 heavy (non-hydrogen) atoms. The Bertz CT molecular complexity index is 725. The molecule has 0 bridgehead atoms. The number of benzene rings is 2. The number of fused-ring (bicyclic) bond motifs is 1. The van der Waals surface area contributed by atoms with E-state index in [2.05, 4.69) is 22.0 Å². The van der Waals surface area contributed by atoms with Crippen LogP contribution in [0.25, 0.3) is 0 Å². The fourth-order valence-electron chi connectivity index (χ4n) is 2.61. The van der Waals surface area contributed by atoms with Gasteiger partial charge in [0, 0.05) is 28.4 Å². The van der Waals surface area contributed by atoms with Crippen LogP contribution in [-0.4, -0.2) is 12.4 Å². The molecule has 2 aromatic carbocycles. The van der Waals surface area contributed by atoms with Crippen molar-refractivity contribution in [3.63, 3.8) is 0 Å². The predicted molar refractivity (Wildman–Crippen MR) is 87.6 cm³/mol. The fraction of sp³-hybridized carbons (Fsp3) is 0.235. The summed E-state index contributed by atoms with van der Waals surface area (Å²) in [5.41, 5.74) is 3.56. The monoisotopic (exact) mass is 364 g/mol. The first-order valence-corrected chi connectivity index (χ1v) is 7.96. The summed E-state index contributed by atoms with van der Waals surface area (Å²) >= 11 is 9.74. The van der Waals surface area contributed by atoms with E-state index < -0.39 is 0 Å². The zero-order valence-corrected chi connectivity index (χ0v) is 13.9. The number of carbonyl (C=O) groups excluding carboxylic acids is 1. The predicted octanol–water partition coefficient (Wildman–Crippen LogP) is 4.77. The molecule has 0 saturated carbocycles. The van der Waals surface area contributed by atoms with Gasteiger partial charge in [-0.25, -0.2) is 0 Å². The van der Waals surface area contributed by atoms with E-state index >= 15 is 0 Å². The van der Waals surface area contributed by atoms with Gasteiger partial charge in [0.2, 0.25) is 0 Å². The van der Waals surface area contributed by atoms with E-state index in [1.165, 1.54) is 0 Å². The Labute approximate surface area is 137 Å². The minimum absolute atomic E-state index is 0.0134. The molecule has 4 heteroatoms. The maximum Gasteiger partial charge on any atom is 0.168 e. The van der Waals surface area contributed by atoms with Gasteiger partial charge in [-0.05, 0) is 36.2 Å². The molecule has 0 fully saturated rings. The number of halogens is 2. The molecule has 0 radical (unpaired) electrons. The number of hydrogen-bond donors (Lipinski definition) is 0. The van der Waals surface area contributed by atoms with Gasteiger partial charge in [0.25, 0.3) is 0 Å². The second-order valence-electron chi connectivity index (χ2n) is 5.19. The highest BCUT2D eigenvalue weighted by molar-refractivity contribution is 9.10. The second-order valence-corrected chi connectivity index (χ2v) is 6.48. The Morgan fingerprint density at radius 2 is 2.19 bits per heavy atom. The van der Waals surface area contributed by atoms with Crippen molar-refractivity contribution in [1.82, 2.24) is 0 Å². The van der Waals surface area contributed by atoms with Gasteiger partial charge in [-0.3, -0.25) is 4.79 Å². The van der Waals surface area contributed by atoms with Gasteiger partial charge in [-0.1, -0.05) is 39.7 Å². The zero-order valence-electron chi connectivity index (χ0n) is 11.6. The summed E-state index contributed by atoms with van der Waals surface area (Å²) in [6, 6.07) is 9.54. The van der Waals surface area contributed by atoms with Crippen molar-refractivity contribution in [2.45, 2.75) is 19.8 Å². The maximum absolute atomic E-state index is 12.5. The third kappa shape index (κ3) is 2.85. The Morgan fingerprint density at radius 3 is 3.00 bits per heavy atom. The van der Waals surface area contributed by atoms with Gasteiger partial charge in [0.05, 0.1) is 11.6 Å². The topological polar surface area (TPSA) is 26.3 Å². The number of hydrogen-bond acceptors (Lipinski definition) is 2. The van der Waals surface area contributed by atoms with E-state index in [9.17, 15) is 4.79 Å². The van der Waals surface area contributed by atoms with Gasteiger partial charge in [-0.15, -0.1) is 0 Å². The van der Waals surface area contributed by atoms with Crippen LogP contribution >= 0.6 is 27.5 Å². The summed E-state index contributed by atoms with van der Waals surface area (Å²) in [7, 11) is 0. The van der Waals surface area contributed by atoms with Crippen LogP contribution in [0.4, 0.5) is 0 Å². The van der Waals surface area contributed by atoms with Crippen LogP contribution in [0.15, 0.2) is 34.8 Å². The minimum atomic E-state index is 0.0134. The standard InChI is InChI=1S/C17H14BrClO2/c1-10-3-2-4-14(16(10)19)15(20)9-12-8-13(18)7-11-5-6-21-17(11)12/h2-4,7-8H,5-6,9H2,1H3. The van der Waals surface area contributed by atoms with E-state index in [4.69, 9.17) is 16.3 Å². The van der Waals surface area contributed by atoms with E-state index in [0.29, 0.717) is 23.6 Å². The number of ketones is 1. The molecule has 0 unspecified atom stereocenters. The lowest BCUT2D eigenvalue weighted by atomic mass is 9.99. The smallest absolute Gasteiger partial charge is 0.168 e. The average Bonchev–Trinajstić information content (AvgIpc) is 2.90. The Morgan fingerprint density at radius 1 is 1.38 bits per heavy atom.